The van der Waals surface area contributed by atoms with Crippen LogP contribution in [0.25, 0.3) is 0 Å². The Kier molecular flexibility index (Phi) is 8.84. The molecule has 0 unspecified atom stereocenters. The SMILES string of the molecule is CN=C(NCc1ccc(OC)nc1)N(C)Cc1ccc(Cl)cc1.I. The number of rotatable bonds is 5. The van der Waals surface area contributed by atoms with Crippen molar-refractivity contribution < 1.29 is 4.74 Å². The second-order valence-electron chi connectivity index (χ2n) is 5.09. The van der Waals surface area contributed by atoms with Crippen LogP contribution in [0.2, 0.25) is 5.02 Å². The Hall–Kier alpha value is -1.54. The van der Waals surface area contributed by atoms with E-state index in [9.17, 15) is 0 Å². The maximum Gasteiger partial charge on any atom is 0.212 e. The van der Waals surface area contributed by atoms with Crippen LogP contribution in [0.3, 0.4) is 0 Å². The number of nitrogens with one attached hydrogen (secondary N) is 1. The average molecular weight is 461 g/mol. The van der Waals surface area contributed by atoms with Gasteiger partial charge in [-0.15, -0.1) is 24.0 Å². The number of hydrogen-bond acceptors (Lipinski definition) is 3. The molecule has 24 heavy (non-hydrogen) atoms. The van der Waals surface area contributed by atoms with Gasteiger partial charge in [-0.25, -0.2) is 4.98 Å². The number of nitrogens with zero attached hydrogens (tertiary/aromatic N) is 3. The largest absolute Gasteiger partial charge is 0.481 e. The first-order valence-corrected chi connectivity index (χ1v) is 7.65. The summed E-state index contributed by atoms with van der Waals surface area (Å²) in [7, 11) is 5.37. The van der Waals surface area contributed by atoms with Gasteiger partial charge in [0.25, 0.3) is 0 Å². The van der Waals surface area contributed by atoms with E-state index in [0.717, 1.165) is 23.1 Å². The van der Waals surface area contributed by atoms with E-state index < -0.39 is 0 Å². The molecule has 0 spiro atoms. The van der Waals surface area contributed by atoms with Crippen LogP contribution >= 0.6 is 35.6 Å². The van der Waals surface area contributed by atoms with Crippen molar-refractivity contribution in [3.63, 3.8) is 0 Å². The average Bonchev–Trinajstić information content (AvgIpc) is 2.58. The second-order valence-corrected chi connectivity index (χ2v) is 5.53. The molecule has 0 saturated carbocycles. The Morgan fingerprint density at radius 3 is 2.42 bits per heavy atom. The molecule has 0 radical (unpaired) electrons. The zero-order chi connectivity index (χ0) is 16.7. The Morgan fingerprint density at radius 1 is 1.21 bits per heavy atom. The first kappa shape index (κ1) is 20.5. The molecule has 1 aromatic carbocycles. The van der Waals surface area contributed by atoms with Gasteiger partial charge in [0, 0.05) is 44.5 Å². The highest BCUT2D eigenvalue weighted by Crippen LogP contribution is 2.11. The van der Waals surface area contributed by atoms with Crippen molar-refractivity contribution in [1.82, 2.24) is 15.2 Å². The summed E-state index contributed by atoms with van der Waals surface area (Å²) in [6.07, 6.45) is 1.79. The van der Waals surface area contributed by atoms with E-state index in [1.807, 2.05) is 43.4 Å². The molecule has 2 aromatic rings. The maximum atomic E-state index is 5.91. The number of pyridine rings is 1. The summed E-state index contributed by atoms with van der Waals surface area (Å²) < 4.78 is 5.06. The molecule has 0 atom stereocenters. The lowest BCUT2D eigenvalue weighted by molar-refractivity contribution is 0.397. The van der Waals surface area contributed by atoms with Gasteiger partial charge in [-0.2, -0.15) is 0 Å². The lowest BCUT2D eigenvalue weighted by Crippen LogP contribution is -2.38. The number of ether oxygens (including phenoxy) is 1. The third kappa shape index (κ3) is 6.16. The molecule has 1 aromatic heterocycles. The Morgan fingerprint density at radius 2 is 1.88 bits per heavy atom. The van der Waals surface area contributed by atoms with Gasteiger partial charge in [-0.1, -0.05) is 29.8 Å². The van der Waals surface area contributed by atoms with E-state index >= 15 is 0 Å². The van der Waals surface area contributed by atoms with Gasteiger partial charge in [0.1, 0.15) is 0 Å². The minimum atomic E-state index is 0. The highest BCUT2D eigenvalue weighted by molar-refractivity contribution is 14.0. The highest BCUT2D eigenvalue weighted by atomic mass is 127. The number of benzene rings is 1. The molecule has 1 N–H and O–H groups in total. The molecule has 130 valence electrons. The van der Waals surface area contributed by atoms with Crippen molar-refractivity contribution >= 4 is 41.5 Å². The van der Waals surface area contributed by atoms with Crippen LogP contribution in [0.15, 0.2) is 47.6 Å². The van der Waals surface area contributed by atoms with E-state index in [2.05, 4.69) is 20.2 Å². The predicted molar refractivity (Wildman–Crippen MR) is 109 cm³/mol. The fraction of sp³-hybridized carbons (Fsp3) is 0.294. The molecule has 0 aliphatic rings. The zero-order valence-electron chi connectivity index (χ0n) is 14.0. The predicted octanol–water partition coefficient (Wildman–Crippen LogP) is 3.57. The van der Waals surface area contributed by atoms with Crippen LogP contribution in [-0.4, -0.2) is 37.0 Å². The first-order valence-electron chi connectivity index (χ1n) is 7.27. The smallest absolute Gasteiger partial charge is 0.212 e. The summed E-state index contributed by atoms with van der Waals surface area (Å²) in [5.41, 5.74) is 2.23. The topological polar surface area (TPSA) is 49.8 Å². The van der Waals surface area contributed by atoms with Crippen LogP contribution in [0.4, 0.5) is 0 Å². The number of aromatic nitrogens is 1. The molecule has 0 aliphatic heterocycles. The quantitative estimate of drug-likeness (QED) is 0.421. The Labute approximate surface area is 165 Å². The molecule has 0 bridgehead atoms. The zero-order valence-corrected chi connectivity index (χ0v) is 17.1. The molecule has 5 nitrogen and oxygen atoms in total. The summed E-state index contributed by atoms with van der Waals surface area (Å²) in [6.45, 7) is 1.40. The van der Waals surface area contributed by atoms with Crippen LogP contribution < -0.4 is 10.1 Å². The molecular weight excluding hydrogens is 439 g/mol. The van der Waals surface area contributed by atoms with Gasteiger partial charge < -0.3 is 15.0 Å². The standard InChI is InChI=1S/C17H21ClN4O.HI/c1-19-17(21-11-14-6-9-16(23-3)20-10-14)22(2)12-13-4-7-15(18)8-5-13;/h4-10H,11-12H2,1-3H3,(H,19,21);1H. The Balaban J connectivity index is 0.00000288. The number of hydrogen-bond donors (Lipinski definition) is 1. The highest BCUT2D eigenvalue weighted by Gasteiger charge is 2.07. The molecule has 2 rings (SSSR count). The third-order valence-electron chi connectivity index (χ3n) is 3.36. The summed E-state index contributed by atoms with van der Waals surface area (Å²) >= 11 is 5.91. The van der Waals surface area contributed by atoms with E-state index in [1.165, 1.54) is 5.56 Å². The number of methoxy groups -OCH3 is 1. The van der Waals surface area contributed by atoms with Crippen LogP contribution in [0, 0.1) is 0 Å². The van der Waals surface area contributed by atoms with E-state index in [4.69, 9.17) is 16.3 Å². The van der Waals surface area contributed by atoms with E-state index in [0.29, 0.717) is 12.4 Å². The van der Waals surface area contributed by atoms with Crippen molar-refractivity contribution in [2.24, 2.45) is 4.99 Å². The number of halogens is 2. The number of guanidine groups is 1. The van der Waals surface area contributed by atoms with Crippen molar-refractivity contribution in [3.05, 3.63) is 58.7 Å². The Bertz CT molecular complexity index is 647. The van der Waals surface area contributed by atoms with Gasteiger partial charge in [0.05, 0.1) is 7.11 Å². The molecule has 0 fully saturated rings. The third-order valence-corrected chi connectivity index (χ3v) is 3.62. The normalized spacial score (nSPS) is 10.8. The van der Waals surface area contributed by atoms with Crippen molar-refractivity contribution in [3.8, 4) is 5.88 Å². The van der Waals surface area contributed by atoms with Gasteiger partial charge in [0.2, 0.25) is 5.88 Å². The van der Waals surface area contributed by atoms with Gasteiger partial charge in [0.15, 0.2) is 5.96 Å². The van der Waals surface area contributed by atoms with Gasteiger partial charge in [-0.05, 0) is 23.3 Å². The van der Waals surface area contributed by atoms with Crippen molar-refractivity contribution in [1.29, 1.82) is 0 Å². The molecule has 0 saturated heterocycles. The van der Waals surface area contributed by atoms with E-state index in [-0.39, 0.29) is 24.0 Å². The molecule has 7 heteroatoms. The molecule has 0 amide bonds. The van der Waals surface area contributed by atoms with Crippen LogP contribution in [-0.2, 0) is 13.1 Å². The monoisotopic (exact) mass is 460 g/mol. The lowest BCUT2D eigenvalue weighted by Gasteiger charge is -2.22. The first-order chi connectivity index (χ1) is 11.1. The van der Waals surface area contributed by atoms with Crippen molar-refractivity contribution in [2.45, 2.75) is 13.1 Å². The lowest BCUT2D eigenvalue weighted by atomic mass is 10.2. The van der Waals surface area contributed by atoms with Gasteiger partial charge >= 0.3 is 0 Å². The van der Waals surface area contributed by atoms with Crippen LogP contribution in [0.1, 0.15) is 11.1 Å². The summed E-state index contributed by atoms with van der Waals surface area (Å²) in [5.74, 6) is 1.42. The maximum absolute atomic E-state index is 5.91. The molecule has 0 aliphatic carbocycles. The van der Waals surface area contributed by atoms with E-state index in [1.54, 1.807) is 20.4 Å². The summed E-state index contributed by atoms with van der Waals surface area (Å²) in [4.78, 5) is 10.6. The fourth-order valence-electron chi connectivity index (χ4n) is 2.14. The van der Waals surface area contributed by atoms with Crippen LogP contribution in [0.5, 0.6) is 5.88 Å². The molecule has 1 heterocycles. The summed E-state index contributed by atoms with van der Waals surface area (Å²) in [6, 6.07) is 11.6. The summed E-state index contributed by atoms with van der Waals surface area (Å²) in [5, 5.41) is 4.07. The van der Waals surface area contributed by atoms with Gasteiger partial charge in [-0.3, -0.25) is 4.99 Å². The minimum absolute atomic E-state index is 0. The molecular formula is C17H22ClIN4O. The minimum Gasteiger partial charge on any atom is -0.481 e. The fourth-order valence-corrected chi connectivity index (χ4v) is 2.27. The number of aliphatic imine (C=N–C) groups is 1. The second kappa shape index (κ2) is 10.4. The van der Waals surface area contributed by atoms with Crippen molar-refractivity contribution in [2.75, 3.05) is 21.2 Å².